The maximum atomic E-state index is 13.2. The van der Waals surface area contributed by atoms with Gasteiger partial charge in [0.05, 0.1) is 29.8 Å². The van der Waals surface area contributed by atoms with Crippen LogP contribution in [0.3, 0.4) is 0 Å². The molecule has 1 unspecified atom stereocenters. The molecule has 1 aromatic carbocycles. The van der Waals surface area contributed by atoms with Gasteiger partial charge in [0.1, 0.15) is 11.9 Å². The number of hydrogen-bond acceptors (Lipinski definition) is 7. The average molecular weight is 544 g/mol. The van der Waals surface area contributed by atoms with E-state index >= 15 is 0 Å². The summed E-state index contributed by atoms with van der Waals surface area (Å²) in [5.41, 5.74) is 6.72. The zero-order valence-electron chi connectivity index (χ0n) is 22.7. The minimum absolute atomic E-state index is 0.0518. The molecule has 4 aromatic heterocycles. The van der Waals surface area contributed by atoms with Crippen LogP contribution in [0.2, 0.25) is 0 Å². The van der Waals surface area contributed by atoms with Crippen molar-refractivity contribution in [2.75, 3.05) is 37.7 Å². The Morgan fingerprint density at radius 2 is 1.78 bits per heavy atom. The monoisotopic (exact) mass is 543 g/mol. The number of amides is 1. The number of aliphatic hydroxyl groups excluding tert-OH is 1. The molecule has 1 N–H and O–H groups in total. The van der Waals surface area contributed by atoms with E-state index in [0.717, 1.165) is 44.8 Å². The quantitative estimate of drug-likeness (QED) is 0.344. The number of anilines is 1. The molecule has 0 spiro atoms. The summed E-state index contributed by atoms with van der Waals surface area (Å²) in [4.78, 5) is 26.2. The number of benzene rings is 1. The van der Waals surface area contributed by atoms with Crippen LogP contribution >= 0.6 is 0 Å². The Hall–Kier alpha value is -5.07. The number of hydrogen-bond donors (Lipinski definition) is 1. The fourth-order valence-electron chi connectivity index (χ4n) is 5.43. The molecule has 0 aliphatic carbocycles. The van der Waals surface area contributed by atoms with Crippen molar-refractivity contribution < 1.29 is 9.90 Å². The number of nitriles is 1. The van der Waals surface area contributed by atoms with E-state index in [-0.39, 0.29) is 12.5 Å². The molecule has 0 saturated carbocycles. The van der Waals surface area contributed by atoms with Crippen LogP contribution in [0.5, 0.6) is 0 Å². The van der Waals surface area contributed by atoms with Crippen LogP contribution in [0.25, 0.3) is 27.8 Å². The van der Waals surface area contributed by atoms with E-state index in [0.29, 0.717) is 31.7 Å². The van der Waals surface area contributed by atoms with Crippen LogP contribution in [0.4, 0.5) is 5.82 Å². The van der Waals surface area contributed by atoms with E-state index in [1.807, 2.05) is 78.8 Å². The van der Waals surface area contributed by atoms with Gasteiger partial charge in [-0.15, -0.1) is 0 Å². The molecular weight excluding hydrogens is 514 g/mol. The highest BCUT2D eigenvalue weighted by Gasteiger charge is 2.28. The topological polar surface area (TPSA) is 111 Å². The molecule has 0 bridgehead atoms. The lowest BCUT2D eigenvalue weighted by atomic mass is 9.98. The fraction of sp³-hybridized carbons (Fsp3) is 0.219. The van der Waals surface area contributed by atoms with Crippen LogP contribution in [-0.4, -0.2) is 68.3 Å². The zero-order valence-corrected chi connectivity index (χ0v) is 22.7. The molecule has 41 heavy (non-hydrogen) atoms. The molecule has 9 nitrogen and oxygen atoms in total. The van der Waals surface area contributed by atoms with Gasteiger partial charge in [-0.1, -0.05) is 30.3 Å². The van der Waals surface area contributed by atoms with Crippen molar-refractivity contribution in [2.45, 2.75) is 12.8 Å². The van der Waals surface area contributed by atoms with Crippen molar-refractivity contribution in [1.82, 2.24) is 24.5 Å². The predicted octanol–water partition coefficient (Wildman–Crippen LogP) is 4.06. The van der Waals surface area contributed by atoms with Gasteiger partial charge in [0.2, 0.25) is 5.91 Å². The van der Waals surface area contributed by atoms with Crippen molar-refractivity contribution in [3.63, 3.8) is 0 Å². The molecule has 6 rings (SSSR count). The van der Waals surface area contributed by atoms with E-state index in [4.69, 9.17) is 4.98 Å². The van der Waals surface area contributed by atoms with Crippen molar-refractivity contribution in [3.8, 4) is 28.3 Å². The first-order valence-corrected chi connectivity index (χ1v) is 13.6. The molecule has 9 heteroatoms. The maximum absolute atomic E-state index is 13.2. The van der Waals surface area contributed by atoms with E-state index in [2.05, 4.69) is 27.1 Å². The van der Waals surface area contributed by atoms with E-state index in [1.165, 1.54) is 0 Å². The molecule has 1 aliphatic heterocycles. The maximum Gasteiger partial charge on any atom is 0.232 e. The Bertz CT molecular complexity index is 1730. The second-order valence-corrected chi connectivity index (χ2v) is 10.2. The van der Waals surface area contributed by atoms with Crippen molar-refractivity contribution in [3.05, 3.63) is 102 Å². The van der Waals surface area contributed by atoms with Crippen LogP contribution in [0.15, 0.2) is 85.5 Å². The number of aliphatic hydroxyl groups is 1. The van der Waals surface area contributed by atoms with E-state index in [1.54, 1.807) is 16.9 Å². The molecule has 1 aliphatic rings. The number of pyridine rings is 3. The summed E-state index contributed by atoms with van der Waals surface area (Å²) in [6, 6.07) is 21.7. The molecule has 1 atom stereocenters. The molecule has 5 heterocycles. The van der Waals surface area contributed by atoms with Gasteiger partial charge in [0.25, 0.3) is 0 Å². The Balaban J connectivity index is 1.23. The van der Waals surface area contributed by atoms with Gasteiger partial charge >= 0.3 is 0 Å². The number of carbonyl (C=O) groups is 1. The first kappa shape index (κ1) is 26.2. The van der Waals surface area contributed by atoms with Gasteiger partial charge in [0, 0.05) is 67.2 Å². The third-order valence-corrected chi connectivity index (χ3v) is 7.62. The number of rotatable bonds is 6. The predicted molar refractivity (Wildman–Crippen MR) is 156 cm³/mol. The lowest BCUT2D eigenvalue weighted by Gasteiger charge is -2.37. The normalized spacial score (nSPS) is 14.2. The van der Waals surface area contributed by atoms with Gasteiger partial charge in [0.15, 0.2) is 0 Å². The SMILES string of the molecule is Cc1cc(-c2cc(-c3ccc(N4CCN(C(=O)C(CO)c5ccccc5)CC4)nc3)c3c(C#N)cnn3c2)ccn1. The average Bonchev–Trinajstić information content (AvgIpc) is 3.45. The molecule has 1 fully saturated rings. The number of piperazine rings is 1. The van der Waals surface area contributed by atoms with Crippen LogP contribution in [0.1, 0.15) is 22.7 Å². The summed E-state index contributed by atoms with van der Waals surface area (Å²) in [5.74, 6) is 0.225. The summed E-state index contributed by atoms with van der Waals surface area (Å²) in [6.45, 7) is 4.14. The number of aromatic nitrogens is 4. The van der Waals surface area contributed by atoms with Crippen LogP contribution in [-0.2, 0) is 4.79 Å². The Morgan fingerprint density at radius 3 is 2.46 bits per heavy atom. The number of carbonyl (C=O) groups excluding carboxylic acids is 1. The van der Waals surface area contributed by atoms with Gasteiger partial charge in [-0.05, 0) is 48.4 Å². The summed E-state index contributed by atoms with van der Waals surface area (Å²) < 4.78 is 1.75. The summed E-state index contributed by atoms with van der Waals surface area (Å²) in [7, 11) is 0. The van der Waals surface area contributed by atoms with Crippen molar-refractivity contribution in [2.24, 2.45) is 0 Å². The third kappa shape index (κ3) is 5.13. The van der Waals surface area contributed by atoms with Gasteiger partial charge < -0.3 is 14.9 Å². The van der Waals surface area contributed by atoms with Crippen molar-refractivity contribution >= 4 is 17.2 Å². The van der Waals surface area contributed by atoms with E-state index in [9.17, 15) is 15.2 Å². The summed E-state index contributed by atoms with van der Waals surface area (Å²) in [5, 5.41) is 24.1. The standard InChI is InChI=1S/C32H29N7O2/c1-22-15-24(9-10-34-22)26-16-28(31-27(17-33)19-36-39(31)20-26)25-7-8-30(35-18-25)37-11-13-38(14-12-37)32(41)29(21-40)23-5-3-2-4-6-23/h2-10,15-16,18-20,29,40H,11-14,21H2,1H3. The highest BCUT2D eigenvalue weighted by atomic mass is 16.3. The fourth-order valence-corrected chi connectivity index (χ4v) is 5.43. The first-order valence-electron chi connectivity index (χ1n) is 13.6. The number of nitrogens with zero attached hydrogens (tertiary/aromatic N) is 7. The van der Waals surface area contributed by atoms with Gasteiger partial charge in [-0.25, -0.2) is 9.50 Å². The van der Waals surface area contributed by atoms with Crippen LogP contribution < -0.4 is 4.90 Å². The molecule has 5 aromatic rings. The largest absolute Gasteiger partial charge is 0.395 e. The second kappa shape index (κ2) is 11.2. The smallest absolute Gasteiger partial charge is 0.232 e. The Kier molecular flexibility index (Phi) is 7.15. The highest BCUT2D eigenvalue weighted by Crippen LogP contribution is 2.32. The minimum Gasteiger partial charge on any atom is -0.395 e. The molecule has 0 radical (unpaired) electrons. The summed E-state index contributed by atoms with van der Waals surface area (Å²) >= 11 is 0. The number of aryl methyl sites for hydroxylation is 1. The van der Waals surface area contributed by atoms with Crippen LogP contribution in [0, 0.1) is 18.3 Å². The van der Waals surface area contributed by atoms with E-state index < -0.39 is 5.92 Å². The lowest BCUT2D eigenvalue weighted by Crippen LogP contribution is -2.50. The zero-order chi connectivity index (χ0) is 28.3. The molecule has 1 amide bonds. The first-order chi connectivity index (χ1) is 20.1. The Labute approximate surface area is 237 Å². The highest BCUT2D eigenvalue weighted by molar-refractivity contribution is 5.88. The molecular formula is C32H29N7O2. The molecule has 1 saturated heterocycles. The Morgan fingerprint density at radius 1 is 0.976 bits per heavy atom. The second-order valence-electron chi connectivity index (χ2n) is 10.2. The van der Waals surface area contributed by atoms with Gasteiger partial charge in [-0.2, -0.15) is 10.4 Å². The minimum atomic E-state index is -0.550. The number of fused-ring (bicyclic) bond motifs is 1. The third-order valence-electron chi connectivity index (χ3n) is 7.62. The molecule has 204 valence electrons. The summed E-state index contributed by atoms with van der Waals surface area (Å²) in [6.07, 6.45) is 7.13. The lowest BCUT2D eigenvalue weighted by molar-refractivity contribution is -0.134. The van der Waals surface area contributed by atoms with Crippen molar-refractivity contribution in [1.29, 1.82) is 5.26 Å². The van der Waals surface area contributed by atoms with Gasteiger partial charge in [-0.3, -0.25) is 9.78 Å².